The number of anilines is 1. The maximum Gasteiger partial charge on any atom is 0.312 e. The average Bonchev–Trinajstić information content (AvgIpc) is 2.86. The van der Waals surface area contributed by atoms with Gasteiger partial charge in [0, 0.05) is 18.7 Å². The van der Waals surface area contributed by atoms with Crippen LogP contribution in [-0.2, 0) is 30.5 Å². The highest BCUT2D eigenvalue weighted by atomic mass is 16.5. The predicted octanol–water partition coefficient (Wildman–Crippen LogP) is -0.528. The van der Waals surface area contributed by atoms with E-state index >= 15 is 0 Å². The van der Waals surface area contributed by atoms with Gasteiger partial charge in [0.15, 0.2) is 0 Å². The summed E-state index contributed by atoms with van der Waals surface area (Å²) < 4.78 is 4.54. The van der Waals surface area contributed by atoms with Crippen molar-refractivity contribution in [2.75, 3.05) is 19.0 Å². The fourth-order valence-corrected chi connectivity index (χ4v) is 3.27. The molecule has 1 aromatic rings. The predicted molar refractivity (Wildman–Crippen MR) is 136 cm³/mol. The molecule has 1 unspecified atom stereocenters. The van der Waals surface area contributed by atoms with E-state index in [1.807, 2.05) is 0 Å². The lowest BCUT2D eigenvalue weighted by Crippen LogP contribution is -2.56. The first kappa shape index (κ1) is 31.3. The molecule has 37 heavy (non-hydrogen) atoms. The van der Waals surface area contributed by atoms with Crippen LogP contribution in [0, 0.1) is 5.92 Å². The van der Waals surface area contributed by atoms with E-state index in [4.69, 9.17) is 11.5 Å². The van der Waals surface area contributed by atoms with Crippen molar-refractivity contribution in [1.29, 1.82) is 0 Å². The Labute approximate surface area is 216 Å². The Hall–Kier alpha value is -3.71. The number of carbonyl (C=O) groups is 5. The third kappa shape index (κ3) is 11.7. The Kier molecular flexibility index (Phi) is 13.6. The van der Waals surface area contributed by atoms with Gasteiger partial charge in [0.2, 0.25) is 17.7 Å². The van der Waals surface area contributed by atoms with E-state index in [9.17, 15) is 29.1 Å². The van der Waals surface area contributed by atoms with Gasteiger partial charge in [-0.25, -0.2) is 4.79 Å². The summed E-state index contributed by atoms with van der Waals surface area (Å²) in [5.74, 6) is -2.57. The molecule has 0 fully saturated rings. The monoisotopic (exact) mass is 522 g/mol. The maximum atomic E-state index is 13.1. The molecule has 1 aromatic carbocycles. The van der Waals surface area contributed by atoms with E-state index in [1.54, 1.807) is 38.1 Å². The van der Waals surface area contributed by atoms with E-state index in [1.165, 1.54) is 7.11 Å². The number of nitrogens with two attached hydrogens (primary N) is 2. The first-order valence-corrected chi connectivity index (χ1v) is 12.0. The molecule has 3 atom stereocenters. The van der Waals surface area contributed by atoms with Crippen molar-refractivity contribution < 1.29 is 33.8 Å². The van der Waals surface area contributed by atoms with Gasteiger partial charge in [-0.15, -0.1) is 0 Å². The summed E-state index contributed by atoms with van der Waals surface area (Å²) in [5.41, 5.74) is 12.1. The van der Waals surface area contributed by atoms with Crippen LogP contribution in [0.25, 0.3) is 0 Å². The molecule has 0 aliphatic carbocycles. The van der Waals surface area contributed by atoms with Gasteiger partial charge in [-0.3, -0.25) is 19.2 Å². The number of carbonyl (C=O) groups excluding carboxylic acids is 5. The second kappa shape index (κ2) is 16.1. The quantitative estimate of drug-likeness (QED) is 0.117. The Morgan fingerprint density at radius 1 is 0.973 bits per heavy atom. The number of methoxy groups -OCH3 is 1. The molecule has 0 saturated heterocycles. The lowest BCUT2D eigenvalue weighted by Gasteiger charge is -2.26. The molecule has 0 heterocycles. The number of urea groups is 1. The Morgan fingerprint density at radius 2 is 1.62 bits per heavy atom. The number of rotatable bonds is 15. The van der Waals surface area contributed by atoms with Gasteiger partial charge in [-0.2, -0.15) is 0 Å². The second-order valence-electron chi connectivity index (χ2n) is 8.79. The third-order valence-electron chi connectivity index (χ3n) is 5.48. The number of aliphatic hydroxyl groups excluding tert-OH is 1. The summed E-state index contributed by atoms with van der Waals surface area (Å²) in [6.45, 7) is 3.49. The molecular formula is C24H38N6O7. The van der Waals surface area contributed by atoms with E-state index < -0.39 is 47.8 Å². The highest BCUT2D eigenvalue weighted by Gasteiger charge is 2.30. The average molecular weight is 523 g/mol. The molecule has 0 bridgehead atoms. The van der Waals surface area contributed by atoms with Crippen LogP contribution in [0.1, 0.15) is 45.1 Å². The number of ether oxygens (including phenoxy) is 1. The van der Waals surface area contributed by atoms with Crippen molar-refractivity contribution in [1.82, 2.24) is 16.0 Å². The normalized spacial score (nSPS) is 13.1. The van der Waals surface area contributed by atoms with Gasteiger partial charge in [0.25, 0.3) is 0 Å². The first-order chi connectivity index (χ1) is 17.5. The van der Waals surface area contributed by atoms with Gasteiger partial charge >= 0.3 is 12.0 Å². The van der Waals surface area contributed by atoms with Gasteiger partial charge in [0.1, 0.15) is 12.1 Å². The molecule has 1 rings (SSSR count). The topological polar surface area (TPSA) is 215 Å². The van der Waals surface area contributed by atoms with E-state index in [2.05, 4.69) is 26.0 Å². The minimum Gasteiger partial charge on any atom is -0.469 e. The lowest BCUT2D eigenvalue weighted by molar-refractivity contribution is -0.141. The van der Waals surface area contributed by atoms with Crippen molar-refractivity contribution in [3.63, 3.8) is 0 Å². The van der Waals surface area contributed by atoms with Crippen LogP contribution in [0.5, 0.6) is 0 Å². The summed E-state index contributed by atoms with van der Waals surface area (Å²) in [6, 6.07) is 2.79. The molecule has 0 radical (unpaired) electrons. The van der Waals surface area contributed by atoms with Crippen molar-refractivity contribution in [3.8, 4) is 0 Å². The smallest absolute Gasteiger partial charge is 0.312 e. The number of benzene rings is 1. The molecule has 13 nitrogen and oxygen atoms in total. The summed E-state index contributed by atoms with van der Waals surface area (Å²) in [4.78, 5) is 60.9. The van der Waals surface area contributed by atoms with Crippen molar-refractivity contribution >= 4 is 35.4 Å². The van der Waals surface area contributed by atoms with Crippen LogP contribution >= 0.6 is 0 Å². The minimum atomic E-state index is -1.03. The maximum absolute atomic E-state index is 13.1. The van der Waals surface area contributed by atoms with Gasteiger partial charge in [-0.1, -0.05) is 26.0 Å². The molecule has 0 spiro atoms. The molecular weight excluding hydrogens is 484 g/mol. The van der Waals surface area contributed by atoms with Crippen LogP contribution in [0.15, 0.2) is 24.3 Å². The molecule has 5 amide bonds. The number of aliphatic hydroxyl groups is 1. The highest BCUT2D eigenvalue weighted by molar-refractivity contribution is 5.98. The largest absolute Gasteiger partial charge is 0.469 e. The Balaban J connectivity index is 2.91. The van der Waals surface area contributed by atoms with Gasteiger partial charge < -0.3 is 42.6 Å². The molecule has 13 heteroatoms. The number of primary amides is 1. The van der Waals surface area contributed by atoms with Crippen molar-refractivity contribution in [2.45, 2.75) is 64.3 Å². The van der Waals surface area contributed by atoms with E-state index in [-0.39, 0.29) is 38.3 Å². The molecule has 9 N–H and O–H groups in total. The highest BCUT2D eigenvalue weighted by Crippen LogP contribution is 2.12. The number of nitrogens with one attached hydrogen (secondary N) is 4. The first-order valence-electron chi connectivity index (χ1n) is 12.0. The van der Waals surface area contributed by atoms with Crippen LogP contribution in [0.3, 0.4) is 0 Å². The Morgan fingerprint density at radius 3 is 2.16 bits per heavy atom. The number of esters is 1. The Bertz CT molecular complexity index is 923. The number of amides is 5. The summed E-state index contributed by atoms with van der Waals surface area (Å²) in [5, 5.41) is 19.6. The fraction of sp³-hybridized carbons (Fsp3) is 0.542. The van der Waals surface area contributed by atoms with Crippen molar-refractivity contribution in [3.05, 3.63) is 29.8 Å². The van der Waals surface area contributed by atoms with Crippen LogP contribution < -0.4 is 32.7 Å². The molecule has 0 aliphatic rings. The van der Waals surface area contributed by atoms with Crippen LogP contribution in [-0.4, -0.2) is 66.6 Å². The zero-order chi connectivity index (χ0) is 28.0. The lowest BCUT2D eigenvalue weighted by atomic mass is 10.0. The summed E-state index contributed by atoms with van der Waals surface area (Å²) in [7, 11) is 1.23. The molecule has 206 valence electrons. The molecule has 0 aromatic heterocycles. The summed E-state index contributed by atoms with van der Waals surface area (Å²) in [6.07, 6.45) is 0.494. The molecule has 0 aliphatic heterocycles. The van der Waals surface area contributed by atoms with E-state index in [0.29, 0.717) is 17.7 Å². The minimum absolute atomic E-state index is 0.0396. The van der Waals surface area contributed by atoms with Crippen molar-refractivity contribution in [2.24, 2.45) is 17.4 Å². The van der Waals surface area contributed by atoms with Crippen LogP contribution in [0.2, 0.25) is 0 Å². The van der Waals surface area contributed by atoms with Gasteiger partial charge in [-0.05, 0) is 42.9 Å². The fourth-order valence-electron chi connectivity index (χ4n) is 3.27. The van der Waals surface area contributed by atoms with Gasteiger partial charge in [0.05, 0.1) is 19.8 Å². The SMILES string of the molecule is COC(=O)CC[C@@H](N)C(=O)NC(C(=O)N[C@@H](CCCNC(N)=O)C(=O)Nc1ccc(CO)cc1)C(C)C. The standard InChI is InChI=1S/C24H38N6O7/c1-14(2)20(30-21(33)17(25)10-11-19(32)37-3)23(35)29-18(5-4-12-27-24(26)36)22(34)28-16-8-6-15(13-31)7-9-16/h6-9,14,17-18,20,31H,4-5,10-13,25H2,1-3H3,(H,28,34)(H,29,35)(H,30,33)(H3,26,27,36)/t17-,18+,20?/m1/s1. The third-order valence-corrected chi connectivity index (χ3v) is 5.48. The molecule has 0 saturated carbocycles. The zero-order valence-electron chi connectivity index (χ0n) is 21.4. The zero-order valence-corrected chi connectivity index (χ0v) is 21.4. The summed E-state index contributed by atoms with van der Waals surface area (Å²) >= 11 is 0. The second-order valence-corrected chi connectivity index (χ2v) is 8.79. The number of hydrogen-bond donors (Lipinski definition) is 7. The van der Waals surface area contributed by atoms with Crippen LogP contribution in [0.4, 0.5) is 10.5 Å². The number of hydrogen-bond acceptors (Lipinski definition) is 8. The van der Waals surface area contributed by atoms with E-state index in [0.717, 1.165) is 0 Å².